The van der Waals surface area contributed by atoms with Gasteiger partial charge >= 0.3 is 0 Å². The molecule has 84 valence electrons. The number of nitrogens with one attached hydrogen (secondary N) is 1. The lowest BCUT2D eigenvalue weighted by molar-refractivity contribution is 0.241. The maximum atomic E-state index is 8.91. The van der Waals surface area contributed by atoms with Gasteiger partial charge in [-0.2, -0.15) is 0 Å². The molecular weight excluding hydrogens is 186 g/mol. The van der Waals surface area contributed by atoms with Crippen LogP contribution in [-0.2, 0) is 6.42 Å². The van der Waals surface area contributed by atoms with Gasteiger partial charge in [0.25, 0.3) is 0 Å². The maximum Gasteiger partial charge on any atom is 0.0582 e. The van der Waals surface area contributed by atoms with Crippen molar-refractivity contribution in [2.24, 2.45) is 0 Å². The van der Waals surface area contributed by atoms with E-state index in [2.05, 4.69) is 36.5 Å². The molecule has 1 rings (SSSR count). The number of hydrogen-bond acceptors (Lipinski definition) is 2. The molecule has 2 nitrogen and oxygen atoms in total. The Bertz CT molecular complexity index is 260. The second kappa shape index (κ2) is 6.59. The SMILES string of the molecule is CC(CO)NC(C)CCc1ccccc1. The summed E-state index contributed by atoms with van der Waals surface area (Å²) in [6.07, 6.45) is 2.20. The van der Waals surface area contributed by atoms with Crippen molar-refractivity contribution in [3.05, 3.63) is 35.9 Å². The van der Waals surface area contributed by atoms with E-state index in [1.54, 1.807) is 0 Å². The van der Waals surface area contributed by atoms with Crippen molar-refractivity contribution < 1.29 is 5.11 Å². The molecule has 0 fully saturated rings. The Labute approximate surface area is 92.3 Å². The molecule has 0 amide bonds. The van der Waals surface area contributed by atoms with Gasteiger partial charge in [-0.15, -0.1) is 0 Å². The molecule has 1 aromatic rings. The third kappa shape index (κ3) is 4.96. The molecule has 2 unspecified atom stereocenters. The van der Waals surface area contributed by atoms with E-state index >= 15 is 0 Å². The molecule has 2 atom stereocenters. The molecule has 0 aromatic heterocycles. The van der Waals surface area contributed by atoms with E-state index in [0.717, 1.165) is 12.8 Å². The predicted octanol–water partition coefficient (Wildman–Crippen LogP) is 1.98. The second-order valence-corrected chi connectivity index (χ2v) is 4.18. The van der Waals surface area contributed by atoms with Crippen molar-refractivity contribution in [3.8, 4) is 0 Å². The summed E-state index contributed by atoms with van der Waals surface area (Å²) < 4.78 is 0. The Kier molecular flexibility index (Phi) is 5.37. The van der Waals surface area contributed by atoms with Crippen molar-refractivity contribution >= 4 is 0 Å². The van der Waals surface area contributed by atoms with Gasteiger partial charge in [-0.05, 0) is 32.3 Å². The summed E-state index contributed by atoms with van der Waals surface area (Å²) in [5.41, 5.74) is 1.38. The number of rotatable bonds is 6. The van der Waals surface area contributed by atoms with Gasteiger partial charge in [0.05, 0.1) is 6.61 Å². The number of aliphatic hydroxyl groups excluding tert-OH is 1. The Morgan fingerprint density at radius 3 is 2.40 bits per heavy atom. The number of aryl methyl sites for hydroxylation is 1. The fourth-order valence-corrected chi connectivity index (χ4v) is 1.65. The van der Waals surface area contributed by atoms with Crippen LogP contribution in [0, 0.1) is 0 Å². The van der Waals surface area contributed by atoms with E-state index < -0.39 is 0 Å². The summed E-state index contributed by atoms with van der Waals surface area (Å²) in [6, 6.07) is 11.1. The van der Waals surface area contributed by atoms with Crippen LogP contribution < -0.4 is 5.32 Å². The van der Waals surface area contributed by atoms with E-state index in [9.17, 15) is 0 Å². The Hall–Kier alpha value is -0.860. The molecule has 2 heteroatoms. The highest BCUT2D eigenvalue weighted by molar-refractivity contribution is 5.14. The predicted molar refractivity (Wildman–Crippen MR) is 63.9 cm³/mol. The van der Waals surface area contributed by atoms with Crippen molar-refractivity contribution in [1.29, 1.82) is 0 Å². The minimum atomic E-state index is 0.191. The summed E-state index contributed by atoms with van der Waals surface area (Å²) in [6.45, 7) is 4.36. The zero-order chi connectivity index (χ0) is 11.1. The van der Waals surface area contributed by atoms with E-state index in [4.69, 9.17) is 5.11 Å². The van der Waals surface area contributed by atoms with Gasteiger partial charge in [-0.1, -0.05) is 30.3 Å². The van der Waals surface area contributed by atoms with Crippen LogP contribution in [0.25, 0.3) is 0 Å². The first kappa shape index (κ1) is 12.2. The second-order valence-electron chi connectivity index (χ2n) is 4.18. The third-order valence-corrected chi connectivity index (χ3v) is 2.55. The standard InChI is InChI=1S/C13H21NO/c1-11(14-12(2)10-15)8-9-13-6-4-3-5-7-13/h3-7,11-12,14-15H,8-10H2,1-2H3. The van der Waals surface area contributed by atoms with Gasteiger partial charge in [-0.3, -0.25) is 0 Å². The van der Waals surface area contributed by atoms with Crippen LogP contribution in [0.15, 0.2) is 30.3 Å². The summed E-state index contributed by atoms with van der Waals surface area (Å²) >= 11 is 0. The minimum absolute atomic E-state index is 0.191. The number of aliphatic hydroxyl groups is 1. The summed E-state index contributed by atoms with van der Waals surface area (Å²) in [4.78, 5) is 0. The smallest absolute Gasteiger partial charge is 0.0582 e. The molecule has 0 radical (unpaired) electrons. The van der Waals surface area contributed by atoms with Gasteiger partial charge in [0.1, 0.15) is 0 Å². The maximum absolute atomic E-state index is 8.91. The average Bonchev–Trinajstić information content (AvgIpc) is 2.27. The van der Waals surface area contributed by atoms with Crippen molar-refractivity contribution in [2.45, 2.75) is 38.8 Å². The van der Waals surface area contributed by atoms with Gasteiger partial charge in [0, 0.05) is 12.1 Å². The lowest BCUT2D eigenvalue weighted by atomic mass is 10.1. The normalized spacial score (nSPS) is 14.9. The van der Waals surface area contributed by atoms with Crippen molar-refractivity contribution in [3.63, 3.8) is 0 Å². The summed E-state index contributed by atoms with van der Waals surface area (Å²) in [5.74, 6) is 0. The van der Waals surface area contributed by atoms with Crippen LogP contribution in [0.4, 0.5) is 0 Å². The number of hydrogen-bond donors (Lipinski definition) is 2. The van der Waals surface area contributed by atoms with E-state index in [1.165, 1.54) is 5.56 Å². The molecule has 1 aromatic carbocycles. The number of benzene rings is 1. The Morgan fingerprint density at radius 1 is 1.13 bits per heavy atom. The van der Waals surface area contributed by atoms with Crippen LogP contribution in [-0.4, -0.2) is 23.8 Å². The monoisotopic (exact) mass is 207 g/mol. The van der Waals surface area contributed by atoms with Crippen LogP contribution >= 0.6 is 0 Å². The minimum Gasteiger partial charge on any atom is -0.395 e. The van der Waals surface area contributed by atoms with E-state index in [0.29, 0.717) is 6.04 Å². The third-order valence-electron chi connectivity index (χ3n) is 2.55. The molecule has 0 saturated heterocycles. The summed E-state index contributed by atoms with van der Waals surface area (Å²) in [7, 11) is 0. The molecule has 0 bridgehead atoms. The molecule has 0 aliphatic heterocycles. The van der Waals surface area contributed by atoms with Crippen LogP contribution in [0.3, 0.4) is 0 Å². The largest absolute Gasteiger partial charge is 0.395 e. The van der Waals surface area contributed by atoms with E-state index in [-0.39, 0.29) is 12.6 Å². The van der Waals surface area contributed by atoms with Crippen LogP contribution in [0.2, 0.25) is 0 Å². The highest BCUT2D eigenvalue weighted by Crippen LogP contribution is 2.05. The Balaban J connectivity index is 2.25. The van der Waals surface area contributed by atoms with E-state index in [1.807, 2.05) is 13.0 Å². The highest BCUT2D eigenvalue weighted by Gasteiger charge is 2.05. The molecule has 15 heavy (non-hydrogen) atoms. The van der Waals surface area contributed by atoms with Gasteiger partial charge in [-0.25, -0.2) is 0 Å². The molecule has 0 spiro atoms. The van der Waals surface area contributed by atoms with Crippen molar-refractivity contribution in [2.75, 3.05) is 6.61 Å². The average molecular weight is 207 g/mol. The zero-order valence-electron chi connectivity index (χ0n) is 9.61. The molecule has 0 aliphatic carbocycles. The van der Waals surface area contributed by atoms with Crippen LogP contribution in [0.1, 0.15) is 25.8 Å². The fourth-order valence-electron chi connectivity index (χ4n) is 1.65. The first-order valence-corrected chi connectivity index (χ1v) is 5.63. The van der Waals surface area contributed by atoms with Crippen molar-refractivity contribution in [1.82, 2.24) is 5.32 Å². The zero-order valence-corrected chi connectivity index (χ0v) is 9.61. The van der Waals surface area contributed by atoms with Crippen LogP contribution in [0.5, 0.6) is 0 Å². The first-order valence-electron chi connectivity index (χ1n) is 5.63. The highest BCUT2D eigenvalue weighted by atomic mass is 16.3. The molecule has 0 saturated carbocycles. The van der Waals surface area contributed by atoms with Gasteiger partial charge in [0.2, 0.25) is 0 Å². The fraction of sp³-hybridized carbons (Fsp3) is 0.538. The topological polar surface area (TPSA) is 32.3 Å². The molecular formula is C13H21NO. The molecule has 0 heterocycles. The summed E-state index contributed by atoms with van der Waals surface area (Å²) in [5, 5.41) is 12.3. The lowest BCUT2D eigenvalue weighted by Crippen LogP contribution is -2.36. The quantitative estimate of drug-likeness (QED) is 0.747. The van der Waals surface area contributed by atoms with Gasteiger partial charge in [0.15, 0.2) is 0 Å². The van der Waals surface area contributed by atoms with Gasteiger partial charge < -0.3 is 10.4 Å². The lowest BCUT2D eigenvalue weighted by Gasteiger charge is -2.18. The first-order chi connectivity index (χ1) is 7.22. The molecule has 2 N–H and O–H groups in total. The molecule has 0 aliphatic rings. The Morgan fingerprint density at radius 2 is 1.80 bits per heavy atom.